The van der Waals surface area contributed by atoms with Crippen LogP contribution in [0.3, 0.4) is 0 Å². The van der Waals surface area contributed by atoms with Gasteiger partial charge in [0.25, 0.3) is 5.56 Å². The van der Waals surface area contributed by atoms with Gasteiger partial charge in [0, 0.05) is 12.3 Å². The van der Waals surface area contributed by atoms with Crippen molar-refractivity contribution in [2.75, 3.05) is 5.32 Å². The summed E-state index contributed by atoms with van der Waals surface area (Å²) in [5.74, 6) is -1.23. The zero-order valence-corrected chi connectivity index (χ0v) is 11.4. The number of aromatic nitrogens is 1. The SMILES string of the molecule is O=C(/C=C/c1ccc(F)cc1)Nc1cc(C(F)(F)F)c[nH]c1=O. The van der Waals surface area contributed by atoms with Gasteiger partial charge < -0.3 is 10.3 Å². The molecular formula is C15H10F4N2O2. The predicted molar refractivity (Wildman–Crippen MR) is 76.1 cm³/mol. The fraction of sp³-hybridized carbons (Fsp3) is 0.0667. The van der Waals surface area contributed by atoms with Crippen molar-refractivity contribution in [2.24, 2.45) is 0 Å². The molecular weight excluding hydrogens is 316 g/mol. The molecule has 0 aliphatic rings. The van der Waals surface area contributed by atoms with Crippen LogP contribution in [0, 0.1) is 5.82 Å². The molecule has 120 valence electrons. The smallest absolute Gasteiger partial charge is 0.327 e. The van der Waals surface area contributed by atoms with E-state index in [1.54, 1.807) is 0 Å². The number of aromatic amines is 1. The molecule has 23 heavy (non-hydrogen) atoms. The van der Waals surface area contributed by atoms with E-state index >= 15 is 0 Å². The first-order valence-electron chi connectivity index (χ1n) is 6.30. The molecule has 0 radical (unpaired) electrons. The number of H-pyrrole nitrogens is 1. The highest BCUT2D eigenvalue weighted by Gasteiger charge is 2.31. The Labute approximate surface area is 127 Å². The van der Waals surface area contributed by atoms with E-state index in [9.17, 15) is 27.2 Å². The fourth-order valence-electron chi connectivity index (χ4n) is 1.66. The van der Waals surface area contributed by atoms with Crippen molar-refractivity contribution in [2.45, 2.75) is 6.18 Å². The molecule has 0 spiro atoms. The van der Waals surface area contributed by atoms with Crippen molar-refractivity contribution >= 4 is 17.7 Å². The summed E-state index contributed by atoms with van der Waals surface area (Å²) < 4.78 is 50.4. The van der Waals surface area contributed by atoms with Gasteiger partial charge in [0.1, 0.15) is 11.5 Å². The van der Waals surface area contributed by atoms with Crippen molar-refractivity contribution in [3.63, 3.8) is 0 Å². The summed E-state index contributed by atoms with van der Waals surface area (Å²) >= 11 is 0. The highest BCUT2D eigenvalue weighted by Crippen LogP contribution is 2.29. The monoisotopic (exact) mass is 326 g/mol. The number of halogens is 4. The third-order valence-corrected chi connectivity index (χ3v) is 2.79. The second-order valence-corrected chi connectivity index (χ2v) is 4.50. The Hall–Kier alpha value is -2.90. The van der Waals surface area contributed by atoms with Gasteiger partial charge in [0.05, 0.1) is 5.56 Å². The standard InChI is InChI=1S/C15H10F4N2O2/c16-11-4-1-9(2-5-11)3-6-13(22)21-12-7-10(15(17,18)19)8-20-14(12)23/h1-8H,(H,20,23)(H,21,22)/b6-3+. The van der Waals surface area contributed by atoms with Gasteiger partial charge in [-0.15, -0.1) is 0 Å². The summed E-state index contributed by atoms with van der Waals surface area (Å²) in [5.41, 5.74) is -1.95. The highest BCUT2D eigenvalue weighted by molar-refractivity contribution is 6.01. The average Bonchev–Trinajstić information content (AvgIpc) is 2.48. The Morgan fingerprint density at radius 2 is 1.83 bits per heavy atom. The van der Waals surface area contributed by atoms with Crippen LogP contribution in [0.15, 0.2) is 47.4 Å². The van der Waals surface area contributed by atoms with Crippen LogP contribution in [0.4, 0.5) is 23.2 Å². The summed E-state index contributed by atoms with van der Waals surface area (Å²) in [6.45, 7) is 0. The van der Waals surface area contributed by atoms with E-state index in [1.165, 1.54) is 30.3 Å². The van der Waals surface area contributed by atoms with Crippen LogP contribution in [0.2, 0.25) is 0 Å². The number of hydrogen-bond donors (Lipinski definition) is 2. The van der Waals surface area contributed by atoms with E-state index in [4.69, 9.17) is 0 Å². The maximum absolute atomic E-state index is 12.7. The molecule has 0 saturated heterocycles. The molecule has 0 saturated carbocycles. The quantitative estimate of drug-likeness (QED) is 0.672. The van der Waals surface area contributed by atoms with Crippen LogP contribution in [-0.4, -0.2) is 10.9 Å². The molecule has 2 aromatic rings. The first-order chi connectivity index (χ1) is 10.8. The number of amides is 1. The number of alkyl halides is 3. The first kappa shape index (κ1) is 16.5. The topological polar surface area (TPSA) is 62.0 Å². The van der Waals surface area contributed by atoms with Gasteiger partial charge in [-0.05, 0) is 29.8 Å². The number of carbonyl (C=O) groups is 1. The largest absolute Gasteiger partial charge is 0.417 e. The molecule has 1 aromatic carbocycles. The van der Waals surface area contributed by atoms with E-state index in [2.05, 4.69) is 5.32 Å². The van der Waals surface area contributed by atoms with E-state index in [0.717, 1.165) is 6.08 Å². The van der Waals surface area contributed by atoms with Gasteiger partial charge in [0.15, 0.2) is 0 Å². The van der Waals surface area contributed by atoms with Gasteiger partial charge in [0.2, 0.25) is 5.91 Å². The van der Waals surface area contributed by atoms with Crippen molar-refractivity contribution in [3.05, 3.63) is 69.9 Å². The first-order valence-corrected chi connectivity index (χ1v) is 6.30. The Morgan fingerprint density at radius 3 is 2.43 bits per heavy atom. The second kappa shape index (κ2) is 6.47. The maximum atomic E-state index is 12.7. The zero-order chi connectivity index (χ0) is 17.0. The van der Waals surface area contributed by atoms with Crippen LogP contribution in [-0.2, 0) is 11.0 Å². The minimum atomic E-state index is -4.65. The number of anilines is 1. The lowest BCUT2D eigenvalue weighted by Gasteiger charge is -2.08. The minimum absolute atomic E-state index is 0.442. The normalized spacial score (nSPS) is 11.7. The minimum Gasteiger partial charge on any atom is -0.327 e. The lowest BCUT2D eigenvalue weighted by Crippen LogP contribution is -2.20. The molecule has 2 N–H and O–H groups in total. The van der Waals surface area contributed by atoms with Gasteiger partial charge >= 0.3 is 6.18 Å². The van der Waals surface area contributed by atoms with E-state index in [-0.39, 0.29) is 0 Å². The Bertz CT molecular complexity index is 792. The maximum Gasteiger partial charge on any atom is 0.417 e. The molecule has 4 nitrogen and oxygen atoms in total. The Kier molecular flexibility index (Phi) is 4.63. The van der Waals surface area contributed by atoms with Gasteiger partial charge in [-0.3, -0.25) is 9.59 Å². The van der Waals surface area contributed by atoms with Crippen LogP contribution in [0.1, 0.15) is 11.1 Å². The number of hydrogen-bond acceptors (Lipinski definition) is 2. The van der Waals surface area contributed by atoms with E-state index < -0.39 is 34.7 Å². The second-order valence-electron chi connectivity index (χ2n) is 4.50. The molecule has 8 heteroatoms. The van der Waals surface area contributed by atoms with Crippen LogP contribution in [0.25, 0.3) is 6.08 Å². The molecule has 0 aliphatic heterocycles. The average molecular weight is 326 g/mol. The van der Waals surface area contributed by atoms with Crippen molar-refractivity contribution in [1.82, 2.24) is 4.98 Å². The zero-order valence-electron chi connectivity index (χ0n) is 11.4. The van der Waals surface area contributed by atoms with E-state index in [0.29, 0.717) is 17.8 Å². The summed E-state index contributed by atoms with van der Waals surface area (Å²) in [6.07, 6.45) is -1.77. The predicted octanol–water partition coefficient (Wildman–Crippen LogP) is 3.18. The number of pyridine rings is 1. The summed E-state index contributed by atoms with van der Waals surface area (Å²) in [7, 11) is 0. The third kappa shape index (κ3) is 4.53. The third-order valence-electron chi connectivity index (χ3n) is 2.79. The molecule has 2 rings (SSSR count). The summed E-state index contributed by atoms with van der Waals surface area (Å²) in [4.78, 5) is 25.0. The van der Waals surface area contributed by atoms with Gasteiger partial charge in [-0.1, -0.05) is 12.1 Å². The number of rotatable bonds is 3. The van der Waals surface area contributed by atoms with E-state index in [1.807, 2.05) is 4.98 Å². The lowest BCUT2D eigenvalue weighted by molar-refractivity contribution is -0.137. The number of benzene rings is 1. The molecule has 0 atom stereocenters. The highest BCUT2D eigenvalue weighted by atomic mass is 19.4. The van der Waals surface area contributed by atoms with Gasteiger partial charge in [-0.25, -0.2) is 4.39 Å². The van der Waals surface area contributed by atoms with Crippen molar-refractivity contribution in [3.8, 4) is 0 Å². The molecule has 1 aromatic heterocycles. The summed E-state index contributed by atoms with van der Waals surface area (Å²) in [6, 6.07) is 5.75. The molecule has 0 unspecified atom stereocenters. The molecule has 0 bridgehead atoms. The number of nitrogens with one attached hydrogen (secondary N) is 2. The fourth-order valence-corrected chi connectivity index (χ4v) is 1.66. The molecule has 0 aliphatic carbocycles. The van der Waals surface area contributed by atoms with Crippen LogP contribution < -0.4 is 10.9 Å². The summed E-state index contributed by atoms with van der Waals surface area (Å²) in [5, 5.41) is 2.06. The van der Waals surface area contributed by atoms with Crippen LogP contribution in [0.5, 0.6) is 0 Å². The Balaban J connectivity index is 2.14. The van der Waals surface area contributed by atoms with Crippen molar-refractivity contribution in [1.29, 1.82) is 0 Å². The molecule has 0 fully saturated rings. The molecule has 1 amide bonds. The van der Waals surface area contributed by atoms with Crippen LogP contribution >= 0.6 is 0 Å². The lowest BCUT2D eigenvalue weighted by atomic mass is 10.2. The number of carbonyl (C=O) groups excluding carboxylic acids is 1. The Morgan fingerprint density at radius 1 is 1.17 bits per heavy atom. The van der Waals surface area contributed by atoms with Crippen molar-refractivity contribution < 1.29 is 22.4 Å². The van der Waals surface area contributed by atoms with Gasteiger partial charge in [-0.2, -0.15) is 13.2 Å². The molecule has 1 heterocycles.